The van der Waals surface area contributed by atoms with Crippen LogP contribution < -0.4 is 16.0 Å². The summed E-state index contributed by atoms with van der Waals surface area (Å²) in [6.45, 7) is 5.11. The predicted molar refractivity (Wildman–Crippen MR) is 106 cm³/mol. The fourth-order valence-corrected chi connectivity index (χ4v) is 3.59. The van der Waals surface area contributed by atoms with Crippen molar-refractivity contribution in [1.82, 2.24) is 15.5 Å². The third kappa shape index (κ3) is 5.61. The molecular weight excluding hydrogens is 352 g/mol. The number of benzene rings is 1. The van der Waals surface area contributed by atoms with E-state index >= 15 is 0 Å². The number of nitrogens with one attached hydrogen (secondary N) is 3. The molecule has 2 heterocycles. The molecule has 2 saturated heterocycles. The van der Waals surface area contributed by atoms with E-state index in [1.54, 1.807) is 4.90 Å². The minimum Gasteiger partial charge on any atom is -0.353 e. The van der Waals surface area contributed by atoms with Crippen LogP contribution in [0.1, 0.15) is 31.2 Å². The van der Waals surface area contributed by atoms with E-state index < -0.39 is 0 Å². The summed E-state index contributed by atoms with van der Waals surface area (Å²) in [6, 6.07) is 7.91. The lowest BCUT2D eigenvalue weighted by molar-refractivity contribution is -0.127. The summed E-state index contributed by atoms with van der Waals surface area (Å²) < 4.78 is 0. The van der Waals surface area contributed by atoms with Crippen molar-refractivity contribution < 1.29 is 9.59 Å². The molecule has 7 heteroatoms. The van der Waals surface area contributed by atoms with Crippen LogP contribution in [0, 0.1) is 12.8 Å². The van der Waals surface area contributed by atoms with E-state index in [1.807, 2.05) is 31.2 Å². The largest absolute Gasteiger partial charge is 0.353 e. The summed E-state index contributed by atoms with van der Waals surface area (Å²) in [6.07, 6.45) is 3.68. The number of likely N-dealkylation sites (tertiary alicyclic amines) is 1. The smallest absolute Gasteiger partial charge is 0.321 e. The molecule has 6 nitrogen and oxygen atoms in total. The van der Waals surface area contributed by atoms with Gasteiger partial charge in [-0.25, -0.2) is 4.79 Å². The molecule has 144 valence electrons. The highest BCUT2D eigenvalue weighted by molar-refractivity contribution is 5.90. The summed E-state index contributed by atoms with van der Waals surface area (Å²) in [5.74, 6) is -0.00755. The lowest BCUT2D eigenvalue weighted by atomic mass is 9.96. The van der Waals surface area contributed by atoms with Crippen molar-refractivity contribution in [3.63, 3.8) is 0 Å². The van der Waals surface area contributed by atoms with Crippen LogP contribution in [-0.2, 0) is 4.79 Å². The van der Waals surface area contributed by atoms with Crippen LogP contribution >= 0.6 is 12.4 Å². The second-order valence-corrected chi connectivity index (χ2v) is 7.12. The number of halogens is 1. The van der Waals surface area contributed by atoms with E-state index in [1.165, 1.54) is 0 Å². The van der Waals surface area contributed by atoms with Crippen molar-refractivity contribution in [2.45, 2.75) is 38.6 Å². The Hall–Kier alpha value is -1.79. The zero-order valence-corrected chi connectivity index (χ0v) is 16.1. The Labute approximate surface area is 161 Å². The second kappa shape index (κ2) is 9.78. The SMILES string of the molecule is Cc1cccc(NC(=O)N2CCCC(C(=O)NC3CCNCC3)C2)c1.Cl. The summed E-state index contributed by atoms with van der Waals surface area (Å²) in [5.41, 5.74) is 1.90. The average molecular weight is 381 g/mol. The molecule has 3 N–H and O–H groups in total. The normalized spacial score (nSPS) is 20.8. The molecule has 1 unspecified atom stereocenters. The molecule has 3 rings (SSSR count). The van der Waals surface area contributed by atoms with Gasteiger partial charge in [0, 0.05) is 24.8 Å². The van der Waals surface area contributed by atoms with Gasteiger partial charge in [-0.1, -0.05) is 12.1 Å². The lowest BCUT2D eigenvalue weighted by Crippen LogP contribution is -2.50. The van der Waals surface area contributed by atoms with Crippen LogP contribution in [0.2, 0.25) is 0 Å². The maximum absolute atomic E-state index is 12.5. The molecule has 0 spiro atoms. The molecule has 3 amide bonds. The van der Waals surface area contributed by atoms with E-state index in [0.717, 1.165) is 50.0 Å². The number of amides is 3. The van der Waals surface area contributed by atoms with Gasteiger partial charge in [0.2, 0.25) is 5.91 Å². The standard InChI is InChI=1S/C19H28N4O2.ClH/c1-14-4-2-6-17(12-14)22-19(25)23-11-3-5-15(13-23)18(24)21-16-7-9-20-10-8-16;/h2,4,6,12,15-16,20H,3,5,7-11,13H2,1H3,(H,21,24)(H,22,25);1H. The van der Waals surface area contributed by atoms with Gasteiger partial charge in [0.1, 0.15) is 0 Å². The predicted octanol–water partition coefficient (Wildman–Crippen LogP) is 2.53. The molecule has 0 bridgehead atoms. The Morgan fingerprint density at radius 1 is 1.19 bits per heavy atom. The molecule has 2 aliphatic rings. The molecule has 0 radical (unpaired) electrons. The van der Waals surface area contributed by atoms with Gasteiger partial charge in [-0.2, -0.15) is 0 Å². The summed E-state index contributed by atoms with van der Waals surface area (Å²) in [4.78, 5) is 26.8. The van der Waals surface area contributed by atoms with Gasteiger partial charge in [-0.05, 0) is 63.4 Å². The van der Waals surface area contributed by atoms with Gasteiger partial charge < -0.3 is 20.9 Å². The Kier molecular flexibility index (Phi) is 7.72. The zero-order valence-electron chi connectivity index (χ0n) is 15.3. The maximum Gasteiger partial charge on any atom is 0.321 e. The van der Waals surface area contributed by atoms with Gasteiger partial charge in [-0.15, -0.1) is 12.4 Å². The van der Waals surface area contributed by atoms with E-state index in [0.29, 0.717) is 13.1 Å². The van der Waals surface area contributed by atoms with Gasteiger partial charge in [0.25, 0.3) is 0 Å². The van der Waals surface area contributed by atoms with Crippen LogP contribution in [0.15, 0.2) is 24.3 Å². The number of rotatable bonds is 3. The molecule has 1 atom stereocenters. The third-order valence-corrected chi connectivity index (χ3v) is 5.03. The van der Waals surface area contributed by atoms with Crippen LogP contribution in [0.5, 0.6) is 0 Å². The van der Waals surface area contributed by atoms with Crippen LogP contribution in [-0.4, -0.2) is 49.1 Å². The van der Waals surface area contributed by atoms with Crippen molar-refractivity contribution in [3.8, 4) is 0 Å². The van der Waals surface area contributed by atoms with Gasteiger partial charge in [0.15, 0.2) is 0 Å². The number of anilines is 1. The van der Waals surface area contributed by atoms with Crippen LogP contribution in [0.3, 0.4) is 0 Å². The third-order valence-electron chi connectivity index (χ3n) is 5.03. The number of carbonyl (C=O) groups excluding carboxylic acids is 2. The average Bonchev–Trinajstić information content (AvgIpc) is 2.62. The van der Waals surface area contributed by atoms with Gasteiger partial charge in [-0.3, -0.25) is 4.79 Å². The van der Waals surface area contributed by atoms with Gasteiger partial charge in [0.05, 0.1) is 5.92 Å². The van der Waals surface area contributed by atoms with Crippen molar-refractivity contribution >= 4 is 30.0 Å². The first-order chi connectivity index (χ1) is 12.1. The minimum atomic E-state index is -0.120. The highest BCUT2D eigenvalue weighted by Gasteiger charge is 2.29. The van der Waals surface area contributed by atoms with Gasteiger partial charge >= 0.3 is 6.03 Å². The minimum absolute atomic E-state index is 0. The fraction of sp³-hybridized carbons (Fsp3) is 0.579. The molecule has 0 aromatic heterocycles. The molecule has 2 fully saturated rings. The first-order valence-electron chi connectivity index (χ1n) is 9.25. The van der Waals surface area contributed by atoms with E-state index in [2.05, 4.69) is 16.0 Å². The topological polar surface area (TPSA) is 73.5 Å². The molecule has 1 aromatic rings. The number of carbonyl (C=O) groups is 2. The number of piperidine rings is 2. The maximum atomic E-state index is 12.5. The zero-order chi connectivity index (χ0) is 17.6. The molecule has 2 aliphatic heterocycles. The highest BCUT2D eigenvalue weighted by atomic mass is 35.5. The Morgan fingerprint density at radius 2 is 1.96 bits per heavy atom. The summed E-state index contributed by atoms with van der Waals surface area (Å²) in [5, 5.41) is 9.41. The Balaban J connectivity index is 0.00000243. The Morgan fingerprint density at radius 3 is 2.69 bits per heavy atom. The monoisotopic (exact) mass is 380 g/mol. The Bertz CT molecular complexity index is 619. The quantitative estimate of drug-likeness (QED) is 0.754. The fourth-order valence-electron chi connectivity index (χ4n) is 3.59. The van der Waals surface area contributed by atoms with Crippen molar-refractivity contribution in [1.29, 1.82) is 0 Å². The summed E-state index contributed by atoms with van der Waals surface area (Å²) in [7, 11) is 0. The van der Waals surface area contributed by atoms with E-state index in [-0.39, 0.29) is 36.3 Å². The molecule has 0 saturated carbocycles. The molecule has 1 aromatic carbocycles. The number of aryl methyl sites for hydroxylation is 1. The van der Waals surface area contributed by atoms with Crippen molar-refractivity contribution in [2.24, 2.45) is 5.92 Å². The summed E-state index contributed by atoms with van der Waals surface area (Å²) >= 11 is 0. The molecule has 26 heavy (non-hydrogen) atoms. The van der Waals surface area contributed by atoms with Crippen molar-refractivity contribution in [2.75, 3.05) is 31.5 Å². The van der Waals surface area contributed by atoms with Crippen molar-refractivity contribution in [3.05, 3.63) is 29.8 Å². The number of hydrogen-bond acceptors (Lipinski definition) is 3. The number of urea groups is 1. The lowest BCUT2D eigenvalue weighted by Gasteiger charge is -2.33. The van der Waals surface area contributed by atoms with Crippen LogP contribution in [0.25, 0.3) is 0 Å². The van der Waals surface area contributed by atoms with Crippen LogP contribution in [0.4, 0.5) is 10.5 Å². The first kappa shape index (κ1) is 20.5. The van der Waals surface area contributed by atoms with E-state index in [9.17, 15) is 9.59 Å². The first-order valence-corrected chi connectivity index (χ1v) is 9.25. The molecular formula is C19H29ClN4O2. The van der Waals surface area contributed by atoms with E-state index in [4.69, 9.17) is 0 Å². The second-order valence-electron chi connectivity index (χ2n) is 7.12. The molecule has 0 aliphatic carbocycles. The highest BCUT2D eigenvalue weighted by Crippen LogP contribution is 2.19. The number of hydrogen-bond donors (Lipinski definition) is 3. The number of nitrogens with zero attached hydrogens (tertiary/aromatic N) is 1.